The smallest absolute Gasteiger partial charge is 0.377 e. The molecule has 1 aliphatic heterocycles. The lowest BCUT2D eigenvalue weighted by atomic mass is 9.99. The molecule has 0 radical (unpaired) electrons. The van der Waals surface area contributed by atoms with Gasteiger partial charge in [-0.05, 0) is 20.8 Å². The fraction of sp³-hybridized carbons (Fsp3) is 1.00. The van der Waals surface area contributed by atoms with E-state index in [1.54, 1.807) is 20.8 Å². The van der Waals surface area contributed by atoms with Crippen LogP contribution in [0, 0.1) is 0 Å². The largest absolute Gasteiger partial charge is 0.412 e. The Hall–Kier alpha value is -0.140. The van der Waals surface area contributed by atoms with E-state index in [1.165, 1.54) is 0 Å². The lowest BCUT2D eigenvalue weighted by molar-refractivity contribution is -0.260. The van der Waals surface area contributed by atoms with Gasteiger partial charge >= 0.3 is 6.18 Å². The van der Waals surface area contributed by atoms with Crippen molar-refractivity contribution in [3.05, 3.63) is 0 Å². The van der Waals surface area contributed by atoms with E-state index in [0.717, 1.165) is 0 Å². The van der Waals surface area contributed by atoms with Crippen molar-refractivity contribution in [2.45, 2.75) is 37.2 Å². The molecule has 3 nitrogen and oxygen atoms in total. The highest BCUT2D eigenvalue weighted by Gasteiger charge is 2.61. The summed E-state index contributed by atoms with van der Waals surface area (Å²) >= 11 is 0. The lowest BCUT2D eigenvalue weighted by Crippen LogP contribution is -2.70. The van der Waals surface area contributed by atoms with Crippen molar-refractivity contribution in [1.29, 1.82) is 0 Å². The highest BCUT2D eigenvalue weighted by Crippen LogP contribution is 2.37. The Bertz CT molecular complexity index is 268. The van der Waals surface area contributed by atoms with Crippen LogP contribution in [-0.2, 0) is 15.7 Å². The molecule has 0 spiro atoms. The molecule has 7 heteroatoms. The number of nitrogens with one attached hydrogen (secondary N) is 1. The minimum absolute atomic E-state index is 0.474. The first-order valence-electron chi connectivity index (χ1n) is 4.43. The first-order chi connectivity index (χ1) is 6.58. The van der Waals surface area contributed by atoms with Crippen molar-refractivity contribution >= 4 is 11.0 Å². The number of rotatable bonds is 2. The molecule has 1 atom stereocenters. The second-order valence-electron chi connectivity index (χ2n) is 4.56. The average Bonchev–Trinajstić information content (AvgIpc) is 1.91. The van der Waals surface area contributed by atoms with Crippen molar-refractivity contribution in [2.75, 3.05) is 13.2 Å². The van der Waals surface area contributed by atoms with E-state index < -0.39 is 40.7 Å². The molecule has 0 aromatic rings. The van der Waals surface area contributed by atoms with Crippen LogP contribution in [0.4, 0.5) is 13.2 Å². The third-order valence-corrected chi connectivity index (χ3v) is 3.77. The van der Waals surface area contributed by atoms with Gasteiger partial charge in [0, 0.05) is 0 Å². The van der Waals surface area contributed by atoms with E-state index in [9.17, 15) is 17.4 Å². The summed E-state index contributed by atoms with van der Waals surface area (Å²) in [6, 6.07) is 0. The van der Waals surface area contributed by atoms with Crippen LogP contribution in [0.15, 0.2) is 0 Å². The monoisotopic (exact) mass is 245 g/mol. The highest BCUT2D eigenvalue weighted by atomic mass is 32.2. The molecule has 1 rings (SSSR count). The predicted molar refractivity (Wildman–Crippen MR) is 50.6 cm³/mol. The zero-order valence-corrected chi connectivity index (χ0v) is 9.59. The molecule has 15 heavy (non-hydrogen) atoms. The fourth-order valence-electron chi connectivity index (χ4n) is 0.917. The third-order valence-electron chi connectivity index (χ3n) is 2.08. The van der Waals surface area contributed by atoms with Gasteiger partial charge in [0.2, 0.25) is 0 Å². The van der Waals surface area contributed by atoms with Gasteiger partial charge in [-0.1, -0.05) is 0 Å². The highest BCUT2D eigenvalue weighted by molar-refractivity contribution is 7.84. The van der Waals surface area contributed by atoms with Crippen LogP contribution in [0.3, 0.4) is 0 Å². The van der Waals surface area contributed by atoms with E-state index in [1.807, 2.05) is 0 Å². The zero-order chi connectivity index (χ0) is 11.9. The number of hydrogen-bond donors (Lipinski definition) is 1. The molecule has 0 bridgehead atoms. The van der Waals surface area contributed by atoms with E-state index in [0.29, 0.717) is 0 Å². The lowest BCUT2D eigenvalue weighted by Gasteiger charge is -2.43. The standard InChI is InChI=1S/C8H14F3NO2S/c1-6(2,3)15(13)12-7(4-14-5-7)8(9,10)11/h12H,4-5H2,1-3H3. The van der Waals surface area contributed by atoms with Crippen LogP contribution in [0.5, 0.6) is 0 Å². The van der Waals surface area contributed by atoms with Crippen molar-refractivity contribution in [3.8, 4) is 0 Å². The zero-order valence-electron chi connectivity index (χ0n) is 8.77. The summed E-state index contributed by atoms with van der Waals surface area (Å²) < 4.78 is 55.4. The number of halogens is 3. The molecule has 1 saturated heterocycles. The normalized spacial score (nSPS) is 23.3. The maximum absolute atomic E-state index is 12.6. The van der Waals surface area contributed by atoms with E-state index >= 15 is 0 Å². The molecule has 0 aromatic carbocycles. The summed E-state index contributed by atoms with van der Waals surface area (Å²) in [5, 5.41) is 0. The molecule has 0 aromatic heterocycles. The van der Waals surface area contributed by atoms with Gasteiger partial charge in [0.05, 0.1) is 28.9 Å². The average molecular weight is 245 g/mol. The molecule has 1 aliphatic rings. The first-order valence-corrected chi connectivity index (χ1v) is 5.58. The fourth-order valence-corrected chi connectivity index (χ4v) is 1.81. The molecule has 0 amide bonds. The Kier molecular flexibility index (Phi) is 3.20. The molecule has 1 heterocycles. The molecule has 1 unspecified atom stereocenters. The summed E-state index contributed by atoms with van der Waals surface area (Å²) in [6.07, 6.45) is -4.44. The van der Waals surface area contributed by atoms with Gasteiger partial charge in [0.25, 0.3) is 0 Å². The molecular formula is C8H14F3NO2S. The summed E-state index contributed by atoms with van der Waals surface area (Å²) in [4.78, 5) is 0. The van der Waals surface area contributed by atoms with Crippen LogP contribution in [0.25, 0.3) is 0 Å². The quantitative estimate of drug-likeness (QED) is 0.798. The van der Waals surface area contributed by atoms with Crippen molar-refractivity contribution in [2.24, 2.45) is 0 Å². The first kappa shape index (κ1) is 12.9. The van der Waals surface area contributed by atoms with Crippen LogP contribution in [0.1, 0.15) is 20.8 Å². The summed E-state index contributed by atoms with van der Waals surface area (Å²) in [7, 11) is -1.75. The van der Waals surface area contributed by atoms with Crippen LogP contribution >= 0.6 is 0 Å². The third kappa shape index (κ3) is 2.51. The van der Waals surface area contributed by atoms with Gasteiger partial charge in [0.1, 0.15) is 0 Å². The number of ether oxygens (including phenoxy) is 1. The van der Waals surface area contributed by atoms with Gasteiger partial charge in [-0.15, -0.1) is 0 Å². The van der Waals surface area contributed by atoms with Gasteiger partial charge < -0.3 is 4.74 Å². The number of alkyl halides is 3. The van der Waals surface area contributed by atoms with Gasteiger partial charge in [-0.2, -0.15) is 13.2 Å². The molecule has 1 N–H and O–H groups in total. The predicted octanol–water partition coefficient (Wildman–Crippen LogP) is 1.37. The molecule has 0 saturated carbocycles. The van der Waals surface area contributed by atoms with E-state index in [4.69, 9.17) is 0 Å². The van der Waals surface area contributed by atoms with Crippen LogP contribution in [0.2, 0.25) is 0 Å². The SMILES string of the molecule is CC(C)(C)S(=O)NC1(C(F)(F)F)COC1. The minimum atomic E-state index is -4.44. The summed E-state index contributed by atoms with van der Waals surface area (Å²) in [5.41, 5.74) is -2.13. The Morgan fingerprint density at radius 1 is 1.27 bits per heavy atom. The minimum Gasteiger partial charge on any atom is -0.377 e. The molecule has 1 fully saturated rings. The second-order valence-corrected chi connectivity index (χ2v) is 6.52. The van der Waals surface area contributed by atoms with E-state index in [-0.39, 0.29) is 0 Å². The second kappa shape index (κ2) is 3.71. The van der Waals surface area contributed by atoms with Crippen LogP contribution < -0.4 is 4.72 Å². The van der Waals surface area contributed by atoms with Gasteiger partial charge in [-0.3, -0.25) is 0 Å². The Labute approximate surface area is 89.0 Å². The summed E-state index contributed by atoms with van der Waals surface area (Å²) in [5.74, 6) is 0. The number of hydrogen-bond acceptors (Lipinski definition) is 2. The van der Waals surface area contributed by atoms with Crippen molar-refractivity contribution < 1.29 is 22.1 Å². The Morgan fingerprint density at radius 2 is 1.73 bits per heavy atom. The molecular weight excluding hydrogens is 231 g/mol. The Morgan fingerprint density at radius 3 is 1.93 bits per heavy atom. The van der Waals surface area contributed by atoms with Crippen molar-refractivity contribution in [1.82, 2.24) is 4.72 Å². The van der Waals surface area contributed by atoms with Gasteiger partial charge in [0.15, 0.2) is 5.54 Å². The maximum Gasteiger partial charge on any atom is 0.412 e. The van der Waals surface area contributed by atoms with Gasteiger partial charge in [-0.25, -0.2) is 8.93 Å². The summed E-state index contributed by atoms with van der Waals surface area (Å²) in [6.45, 7) is 3.88. The molecule has 90 valence electrons. The van der Waals surface area contributed by atoms with Crippen molar-refractivity contribution in [3.63, 3.8) is 0 Å². The topological polar surface area (TPSA) is 38.3 Å². The maximum atomic E-state index is 12.6. The van der Waals surface area contributed by atoms with Crippen LogP contribution in [-0.4, -0.2) is 33.9 Å². The molecule has 0 aliphatic carbocycles. The Balaban J connectivity index is 2.75. The van der Waals surface area contributed by atoms with E-state index in [2.05, 4.69) is 9.46 Å².